The van der Waals surface area contributed by atoms with E-state index in [1.807, 2.05) is 0 Å². The van der Waals surface area contributed by atoms with E-state index in [-0.39, 0.29) is 5.91 Å². The molecule has 6 heteroatoms. The van der Waals surface area contributed by atoms with Crippen molar-refractivity contribution in [1.29, 1.82) is 0 Å². The molecular formula is C13H9Cl2IN2O. The van der Waals surface area contributed by atoms with Crippen molar-refractivity contribution in [3.63, 3.8) is 0 Å². The third kappa shape index (κ3) is 3.52. The fourth-order valence-electron chi connectivity index (χ4n) is 1.50. The molecule has 0 aliphatic heterocycles. The first-order valence-electron chi connectivity index (χ1n) is 5.29. The maximum absolute atomic E-state index is 12.2. The van der Waals surface area contributed by atoms with Crippen molar-refractivity contribution in [2.24, 2.45) is 0 Å². The number of nitrogen functional groups attached to an aromatic ring is 1. The molecule has 2 aromatic carbocycles. The Hall–Kier alpha value is -0.980. The maximum atomic E-state index is 12.2. The van der Waals surface area contributed by atoms with E-state index in [9.17, 15) is 4.79 Å². The van der Waals surface area contributed by atoms with Crippen LogP contribution in [0.3, 0.4) is 0 Å². The van der Waals surface area contributed by atoms with Crippen LogP contribution in [-0.2, 0) is 0 Å². The Labute approximate surface area is 134 Å². The minimum absolute atomic E-state index is 0.277. The predicted molar refractivity (Wildman–Crippen MR) is 88.0 cm³/mol. The van der Waals surface area contributed by atoms with Crippen molar-refractivity contribution >= 4 is 63.1 Å². The molecule has 0 bridgehead atoms. The molecule has 0 saturated carbocycles. The van der Waals surface area contributed by atoms with E-state index in [2.05, 4.69) is 27.9 Å². The largest absolute Gasteiger partial charge is 0.397 e. The van der Waals surface area contributed by atoms with Crippen LogP contribution >= 0.6 is 45.8 Å². The standard InChI is InChI=1S/C13H9Cl2IN2O/c14-7-1-3-10(16)9(5-7)13(19)18-12-6-8(15)2-4-11(12)17/h1-6H,17H2,(H,18,19). The van der Waals surface area contributed by atoms with Gasteiger partial charge in [-0.3, -0.25) is 4.79 Å². The molecule has 1 amide bonds. The van der Waals surface area contributed by atoms with Crippen molar-refractivity contribution in [3.8, 4) is 0 Å². The van der Waals surface area contributed by atoms with Crippen molar-refractivity contribution < 1.29 is 4.79 Å². The summed E-state index contributed by atoms with van der Waals surface area (Å²) < 4.78 is 0.806. The second kappa shape index (κ2) is 5.98. The summed E-state index contributed by atoms with van der Waals surface area (Å²) in [5, 5.41) is 3.73. The number of benzene rings is 2. The Bertz CT molecular complexity index is 647. The molecular weight excluding hydrogens is 398 g/mol. The van der Waals surface area contributed by atoms with Crippen LogP contribution in [0.15, 0.2) is 36.4 Å². The summed E-state index contributed by atoms with van der Waals surface area (Å²) in [6.07, 6.45) is 0. The molecule has 98 valence electrons. The molecule has 3 nitrogen and oxygen atoms in total. The van der Waals surface area contributed by atoms with E-state index in [0.717, 1.165) is 3.57 Å². The van der Waals surface area contributed by atoms with Gasteiger partial charge in [0.25, 0.3) is 5.91 Å². The van der Waals surface area contributed by atoms with Crippen molar-refractivity contribution in [2.75, 3.05) is 11.1 Å². The van der Waals surface area contributed by atoms with Gasteiger partial charge in [-0.1, -0.05) is 23.2 Å². The molecule has 3 N–H and O–H groups in total. The number of hydrogen-bond donors (Lipinski definition) is 2. The molecule has 2 rings (SSSR count). The third-order valence-electron chi connectivity index (χ3n) is 2.44. The lowest BCUT2D eigenvalue weighted by atomic mass is 10.2. The first kappa shape index (κ1) is 14.4. The fourth-order valence-corrected chi connectivity index (χ4v) is 2.42. The molecule has 19 heavy (non-hydrogen) atoms. The zero-order valence-corrected chi connectivity index (χ0v) is 13.3. The molecule has 0 heterocycles. The lowest BCUT2D eigenvalue weighted by Gasteiger charge is -2.10. The number of rotatable bonds is 2. The van der Waals surface area contributed by atoms with Crippen molar-refractivity contribution in [1.82, 2.24) is 0 Å². The van der Waals surface area contributed by atoms with Gasteiger partial charge in [-0.05, 0) is 59.0 Å². The van der Waals surface area contributed by atoms with Crippen molar-refractivity contribution in [3.05, 3.63) is 55.6 Å². The number of anilines is 2. The summed E-state index contributed by atoms with van der Waals surface area (Å²) >= 11 is 13.8. The van der Waals surface area contributed by atoms with Gasteiger partial charge in [0.15, 0.2) is 0 Å². The second-order valence-corrected chi connectivity index (χ2v) is 5.84. The Kier molecular flexibility index (Phi) is 4.54. The molecule has 0 saturated heterocycles. The van der Waals surface area contributed by atoms with Crippen LogP contribution < -0.4 is 11.1 Å². The first-order chi connectivity index (χ1) is 8.97. The SMILES string of the molecule is Nc1ccc(Cl)cc1NC(=O)c1cc(Cl)ccc1I. The Balaban J connectivity index is 2.30. The van der Waals surface area contributed by atoms with Crippen LogP contribution in [0.4, 0.5) is 11.4 Å². The number of carbonyl (C=O) groups excluding carboxylic acids is 1. The Morgan fingerprint density at radius 2 is 1.74 bits per heavy atom. The number of carbonyl (C=O) groups is 1. The highest BCUT2D eigenvalue weighted by Crippen LogP contribution is 2.25. The van der Waals surface area contributed by atoms with Gasteiger partial charge in [-0.2, -0.15) is 0 Å². The van der Waals surface area contributed by atoms with E-state index in [0.29, 0.717) is 27.0 Å². The highest BCUT2D eigenvalue weighted by Gasteiger charge is 2.12. The van der Waals surface area contributed by atoms with Crippen molar-refractivity contribution in [2.45, 2.75) is 0 Å². The number of amides is 1. The van der Waals surface area contributed by atoms with Crippen LogP contribution in [0.1, 0.15) is 10.4 Å². The van der Waals surface area contributed by atoms with Crippen LogP contribution in [0.2, 0.25) is 10.0 Å². The number of nitrogens with one attached hydrogen (secondary N) is 1. The summed E-state index contributed by atoms with van der Waals surface area (Å²) in [7, 11) is 0. The summed E-state index contributed by atoms with van der Waals surface area (Å²) in [6, 6.07) is 10.0. The highest BCUT2D eigenvalue weighted by atomic mass is 127. The lowest BCUT2D eigenvalue weighted by Crippen LogP contribution is -2.14. The van der Waals surface area contributed by atoms with Gasteiger partial charge < -0.3 is 11.1 Å². The molecule has 0 aromatic heterocycles. The molecule has 0 atom stereocenters. The Morgan fingerprint density at radius 1 is 1.11 bits per heavy atom. The second-order valence-electron chi connectivity index (χ2n) is 3.81. The summed E-state index contributed by atoms with van der Waals surface area (Å²) in [6.45, 7) is 0. The molecule has 0 spiro atoms. The summed E-state index contributed by atoms with van der Waals surface area (Å²) in [5.74, 6) is -0.277. The van der Waals surface area contributed by atoms with Gasteiger partial charge in [-0.15, -0.1) is 0 Å². The van der Waals surface area contributed by atoms with Gasteiger partial charge in [0.05, 0.1) is 16.9 Å². The van der Waals surface area contributed by atoms with Crippen LogP contribution in [-0.4, -0.2) is 5.91 Å². The fraction of sp³-hybridized carbons (Fsp3) is 0. The minimum Gasteiger partial charge on any atom is -0.397 e. The summed E-state index contributed by atoms with van der Waals surface area (Å²) in [4.78, 5) is 12.2. The minimum atomic E-state index is -0.277. The number of halogens is 3. The average Bonchev–Trinajstić information content (AvgIpc) is 2.36. The van der Waals surface area contributed by atoms with E-state index in [4.69, 9.17) is 28.9 Å². The predicted octanol–water partition coefficient (Wildman–Crippen LogP) is 4.43. The third-order valence-corrected chi connectivity index (χ3v) is 3.85. The van der Waals surface area contributed by atoms with Crippen LogP contribution in [0, 0.1) is 3.57 Å². The quantitative estimate of drug-likeness (QED) is 0.572. The van der Waals surface area contributed by atoms with Crippen LogP contribution in [0.25, 0.3) is 0 Å². The van der Waals surface area contributed by atoms with Gasteiger partial charge in [0.2, 0.25) is 0 Å². The monoisotopic (exact) mass is 406 g/mol. The molecule has 0 aliphatic rings. The molecule has 0 radical (unpaired) electrons. The van der Waals surface area contributed by atoms with E-state index in [1.165, 1.54) is 0 Å². The van der Waals surface area contributed by atoms with Gasteiger partial charge in [-0.25, -0.2) is 0 Å². The molecule has 2 aromatic rings. The highest BCUT2D eigenvalue weighted by molar-refractivity contribution is 14.1. The number of hydrogen-bond acceptors (Lipinski definition) is 2. The zero-order chi connectivity index (χ0) is 14.0. The normalized spacial score (nSPS) is 10.3. The van der Waals surface area contributed by atoms with Gasteiger partial charge >= 0.3 is 0 Å². The molecule has 0 unspecified atom stereocenters. The average molecular weight is 407 g/mol. The maximum Gasteiger partial charge on any atom is 0.256 e. The van der Waals surface area contributed by atoms with E-state index < -0.39 is 0 Å². The smallest absolute Gasteiger partial charge is 0.256 e. The zero-order valence-electron chi connectivity index (χ0n) is 9.58. The number of nitrogens with two attached hydrogens (primary N) is 1. The van der Waals surface area contributed by atoms with Gasteiger partial charge in [0, 0.05) is 13.6 Å². The summed E-state index contributed by atoms with van der Waals surface area (Å²) in [5.41, 5.74) is 7.21. The Morgan fingerprint density at radius 3 is 2.47 bits per heavy atom. The van der Waals surface area contributed by atoms with Crippen LogP contribution in [0.5, 0.6) is 0 Å². The van der Waals surface area contributed by atoms with E-state index in [1.54, 1.807) is 36.4 Å². The van der Waals surface area contributed by atoms with E-state index >= 15 is 0 Å². The van der Waals surface area contributed by atoms with Gasteiger partial charge in [0.1, 0.15) is 0 Å². The molecule has 0 fully saturated rings. The lowest BCUT2D eigenvalue weighted by molar-refractivity contribution is 0.102. The first-order valence-corrected chi connectivity index (χ1v) is 7.12. The molecule has 0 aliphatic carbocycles. The topological polar surface area (TPSA) is 55.1 Å².